The number of hydrogen-bond acceptors (Lipinski definition) is 6. The van der Waals surface area contributed by atoms with Crippen LogP contribution in [0.4, 0.5) is 22.0 Å². The lowest BCUT2D eigenvalue weighted by atomic mass is 9.99. The number of carbonyl (C=O) groups excluding carboxylic acids is 1. The van der Waals surface area contributed by atoms with Crippen LogP contribution in [0.2, 0.25) is 0 Å². The molecule has 1 aromatic carbocycles. The smallest absolute Gasteiger partial charge is 0.410 e. The molecule has 0 unspecified atom stereocenters. The van der Waals surface area contributed by atoms with Crippen LogP contribution in [-0.2, 0) is 4.74 Å². The third-order valence-electron chi connectivity index (χ3n) is 5.13. The molecule has 3 heterocycles. The summed E-state index contributed by atoms with van der Waals surface area (Å²) in [7, 11) is 0. The van der Waals surface area contributed by atoms with E-state index in [0.717, 1.165) is 22.0 Å². The van der Waals surface area contributed by atoms with E-state index in [9.17, 15) is 14.9 Å². The second-order valence-corrected chi connectivity index (χ2v) is 8.62. The fraction of sp³-hybridized carbons (Fsp3) is 0.304. The van der Waals surface area contributed by atoms with Gasteiger partial charge in [-0.3, -0.25) is 10.1 Å². The summed E-state index contributed by atoms with van der Waals surface area (Å²) >= 11 is 0. The third-order valence-corrected chi connectivity index (χ3v) is 5.13. The lowest BCUT2D eigenvalue weighted by Gasteiger charge is -2.29. The number of rotatable bonds is 4. The number of benzene rings is 1. The van der Waals surface area contributed by atoms with Crippen LogP contribution < -0.4 is 5.32 Å². The molecule has 4 rings (SSSR count). The van der Waals surface area contributed by atoms with Crippen LogP contribution in [0.25, 0.3) is 16.5 Å². The number of hydrogen-bond donors (Lipinski definition) is 2. The van der Waals surface area contributed by atoms with Gasteiger partial charge in [0.15, 0.2) is 0 Å². The maximum atomic E-state index is 12.3. The third kappa shape index (κ3) is 4.56. The van der Waals surface area contributed by atoms with E-state index in [0.29, 0.717) is 25.2 Å². The van der Waals surface area contributed by atoms with Crippen LogP contribution in [0.3, 0.4) is 0 Å². The Morgan fingerprint density at radius 2 is 2.12 bits per heavy atom. The van der Waals surface area contributed by atoms with Gasteiger partial charge in [-0.25, -0.2) is 9.78 Å². The number of nitrogens with one attached hydrogen (secondary N) is 2. The molecule has 0 saturated heterocycles. The molecule has 3 aromatic rings. The van der Waals surface area contributed by atoms with Crippen molar-refractivity contribution in [1.29, 1.82) is 0 Å². The number of H-pyrrole nitrogens is 1. The summed E-state index contributed by atoms with van der Waals surface area (Å²) in [6, 6.07) is 8.67. The van der Waals surface area contributed by atoms with E-state index in [1.54, 1.807) is 4.90 Å². The maximum absolute atomic E-state index is 12.3. The Labute approximate surface area is 185 Å². The van der Waals surface area contributed by atoms with Crippen molar-refractivity contribution >= 4 is 39.8 Å². The number of nitro groups is 1. The van der Waals surface area contributed by atoms with Crippen LogP contribution in [0.15, 0.2) is 48.8 Å². The van der Waals surface area contributed by atoms with Gasteiger partial charge in [0.1, 0.15) is 5.60 Å². The van der Waals surface area contributed by atoms with E-state index in [-0.39, 0.29) is 17.6 Å². The molecule has 9 nitrogen and oxygen atoms in total. The first-order chi connectivity index (χ1) is 15.2. The Kier molecular flexibility index (Phi) is 5.56. The minimum atomic E-state index is -0.524. The van der Waals surface area contributed by atoms with Crippen LogP contribution in [0.1, 0.15) is 32.8 Å². The number of fused-ring (bicyclic) bond motifs is 1. The maximum Gasteiger partial charge on any atom is 0.410 e. The molecule has 2 N–H and O–H groups in total. The van der Waals surface area contributed by atoms with Gasteiger partial charge in [0, 0.05) is 53.7 Å². The van der Waals surface area contributed by atoms with Gasteiger partial charge in [-0.05, 0) is 57.0 Å². The summed E-state index contributed by atoms with van der Waals surface area (Å²) in [5.74, 6) is 0.193. The van der Waals surface area contributed by atoms with Crippen LogP contribution in [-0.4, -0.2) is 44.6 Å². The van der Waals surface area contributed by atoms with Gasteiger partial charge in [-0.15, -0.1) is 0 Å². The van der Waals surface area contributed by atoms with Crippen molar-refractivity contribution < 1.29 is 14.5 Å². The van der Waals surface area contributed by atoms with Crippen molar-refractivity contribution in [2.24, 2.45) is 0 Å². The van der Waals surface area contributed by atoms with Gasteiger partial charge in [-0.2, -0.15) is 0 Å². The zero-order valence-electron chi connectivity index (χ0n) is 18.2. The molecule has 2 aromatic heterocycles. The number of amides is 1. The molecule has 0 saturated carbocycles. The Hall–Kier alpha value is -3.88. The summed E-state index contributed by atoms with van der Waals surface area (Å²) in [4.78, 5) is 32.2. The van der Waals surface area contributed by atoms with Crippen molar-refractivity contribution in [3.63, 3.8) is 0 Å². The fourth-order valence-corrected chi connectivity index (χ4v) is 3.65. The summed E-state index contributed by atoms with van der Waals surface area (Å²) in [6.45, 7) is 6.62. The largest absolute Gasteiger partial charge is 0.444 e. The molecule has 1 aliphatic rings. The first kappa shape index (κ1) is 21.4. The first-order valence-electron chi connectivity index (χ1n) is 10.4. The standard InChI is InChI=1S/C23H25N5O4/c1-23(2,3)32-22(29)27-11-8-15(9-12-27)18-14-25-19-7-6-16(13-17(18)19)26-21-20(28(30)31)5-4-10-24-21/h4-8,10,13-14,25H,9,11-12H2,1-3H3,(H,24,26). The number of anilines is 2. The molecule has 0 atom stereocenters. The number of aromatic amines is 1. The predicted molar refractivity (Wildman–Crippen MR) is 123 cm³/mol. The van der Waals surface area contributed by atoms with Crippen LogP contribution in [0, 0.1) is 10.1 Å². The minimum Gasteiger partial charge on any atom is -0.444 e. The zero-order chi connectivity index (χ0) is 22.9. The number of nitrogens with zero attached hydrogens (tertiary/aromatic N) is 3. The van der Waals surface area contributed by atoms with E-state index in [1.165, 1.54) is 18.3 Å². The van der Waals surface area contributed by atoms with Gasteiger partial charge >= 0.3 is 11.8 Å². The van der Waals surface area contributed by atoms with Crippen molar-refractivity contribution in [1.82, 2.24) is 14.9 Å². The molecule has 0 radical (unpaired) electrons. The number of ether oxygens (including phenoxy) is 1. The van der Waals surface area contributed by atoms with Gasteiger partial charge in [0.2, 0.25) is 5.82 Å². The normalized spacial score (nSPS) is 14.2. The van der Waals surface area contributed by atoms with E-state index in [1.807, 2.05) is 51.2 Å². The monoisotopic (exact) mass is 435 g/mol. The van der Waals surface area contributed by atoms with E-state index < -0.39 is 10.5 Å². The fourth-order valence-electron chi connectivity index (χ4n) is 3.65. The molecule has 0 fully saturated rings. The van der Waals surface area contributed by atoms with Gasteiger partial charge in [0.25, 0.3) is 0 Å². The SMILES string of the molecule is CC(C)(C)OC(=O)N1CC=C(c2c[nH]c3ccc(Nc4ncccc4[N+](=O)[O-])cc23)CC1. The minimum absolute atomic E-state index is 0.0842. The van der Waals surface area contributed by atoms with Gasteiger partial charge < -0.3 is 19.9 Å². The molecule has 1 amide bonds. The van der Waals surface area contributed by atoms with Crippen molar-refractivity contribution in [3.8, 4) is 0 Å². The highest BCUT2D eigenvalue weighted by atomic mass is 16.6. The molecule has 9 heteroatoms. The molecule has 1 aliphatic heterocycles. The molecule has 32 heavy (non-hydrogen) atoms. The Morgan fingerprint density at radius 3 is 2.81 bits per heavy atom. The summed E-state index contributed by atoms with van der Waals surface area (Å²) in [5, 5.41) is 15.3. The quantitative estimate of drug-likeness (QED) is 0.428. The molecular formula is C23H25N5O4. The highest BCUT2D eigenvalue weighted by molar-refractivity contribution is 5.95. The number of carbonyl (C=O) groups is 1. The lowest BCUT2D eigenvalue weighted by Crippen LogP contribution is -2.39. The summed E-state index contributed by atoms with van der Waals surface area (Å²) in [6.07, 6.45) is 5.90. The highest BCUT2D eigenvalue weighted by Gasteiger charge is 2.24. The topological polar surface area (TPSA) is 113 Å². The molecule has 0 spiro atoms. The predicted octanol–water partition coefficient (Wildman–Crippen LogP) is 5.24. The van der Waals surface area contributed by atoms with E-state index >= 15 is 0 Å². The Balaban J connectivity index is 1.57. The second-order valence-electron chi connectivity index (χ2n) is 8.62. The Bertz CT molecular complexity index is 1210. The molecule has 166 valence electrons. The van der Waals surface area contributed by atoms with Crippen molar-refractivity contribution in [2.45, 2.75) is 32.8 Å². The number of pyridine rings is 1. The first-order valence-corrected chi connectivity index (χ1v) is 10.4. The summed E-state index contributed by atoms with van der Waals surface area (Å²) in [5.41, 5.74) is 3.23. The average Bonchev–Trinajstić information content (AvgIpc) is 3.16. The van der Waals surface area contributed by atoms with E-state index in [4.69, 9.17) is 4.74 Å². The molecule has 0 aliphatic carbocycles. The summed E-state index contributed by atoms with van der Waals surface area (Å²) < 4.78 is 5.46. The molecule has 0 bridgehead atoms. The van der Waals surface area contributed by atoms with Crippen molar-refractivity contribution in [3.05, 3.63) is 64.5 Å². The van der Waals surface area contributed by atoms with E-state index in [2.05, 4.69) is 15.3 Å². The van der Waals surface area contributed by atoms with Crippen LogP contribution in [0.5, 0.6) is 0 Å². The van der Waals surface area contributed by atoms with Crippen LogP contribution >= 0.6 is 0 Å². The number of aromatic nitrogens is 2. The van der Waals surface area contributed by atoms with Crippen molar-refractivity contribution in [2.75, 3.05) is 18.4 Å². The highest BCUT2D eigenvalue weighted by Crippen LogP contribution is 2.33. The molecular weight excluding hydrogens is 410 g/mol. The average molecular weight is 435 g/mol. The van der Waals surface area contributed by atoms with Gasteiger partial charge in [-0.1, -0.05) is 6.08 Å². The second kappa shape index (κ2) is 8.33. The Morgan fingerprint density at radius 1 is 1.31 bits per heavy atom. The van der Waals surface area contributed by atoms with Gasteiger partial charge in [0.05, 0.1) is 4.92 Å². The lowest BCUT2D eigenvalue weighted by molar-refractivity contribution is -0.384. The zero-order valence-corrected chi connectivity index (χ0v) is 18.2.